The first kappa shape index (κ1) is 13.6. The summed E-state index contributed by atoms with van der Waals surface area (Å²) in [6, 6.07) is 2.48. The average molecular weight is 276 g/mol. The van der Waals surface area contributed by atoms with Crippen LogP contribution >= 0.6 is 0 Å². The van der Waals surface area contributed by atoms with Crippen LogP contribution in [0.1, 0.15) is 44.2 Å². The Hall–Kier alpha value is -1.36. The summed E-state index contributed by atoms with van der Waals surface area (Å²) < 4.78 is 1.80. The maximum Gasteiger partial charge on any atom is 0.237 e. The topological polar surface area (TPSA) is 59.0 Å². The number of carbonyl (C=O) groups excluding carboxylic acids is 1. The summed E-state index contributed by atoms with van der Waals surface area (Å²) in [5.74, 6) is 0.931. The van der Waals surface area contributed by atoms with Gasteiger partial charge in [0.25, 0.3) is 0 Å². The molecule has 2 fully saturated rings. The Balaban J connectivity index is 1.51. The summed E-state index contributed by atoms with van der Waals surface area (Å²) in [4.78, 5) is 12.3. The molecule has 1 aliphatic heterocycles. The Morgan fingerprint density at radius 3 is 3.05 bits per heavy atom. The number of amides is 1. The lowest BCUT2D eigenvalue weighted by atomic mass is 9.77. The molecule has 1 aromatic heterocycles. The van der Waals surface area contributed by atoms with Crippen molar-refractivity contribution in [1.29, 1.82) is 0 Å². The van der Waals surface area contributed by atoms with Crippen molar-refractivity contribution in [1.82, 2.24) is 20.4 Å². The van der Waals surface area contributed by atoms with Crippen LogP contribution in [-0.4, -0.2) is 27.8 Å². The summed E-state index contributed by atoms with van der Waals surface area (Å²) in [7, 11) is 1.90. The maximum absolute atomic E-state index is 12.3. The zero-order chi connectivity index (χ0) is 13.9. The minimum Gasteiger partial charge on any atom is -0.349 e. The number of hydrogen-bond donors (Lipinski definition) is 2. The Labute approximate surface area is 120 Å². The molecule has 3 unspecified atom stereocenters. The molecule has 1 aliphatic carbocycles. The number of piperidine rings is 1. The van der Waals surface area contributed by atoms with Crippen LogP contribution in [0.5, 0.6) is 0 Å². The zero-order valence-corrected chi connectivity index (χ0v) is 12.1. The molecule has 1 saturated heterocycles. The lowest BCUT2D eigenvalue weighted by Gasteiger charge is -2.39. The van der Waals surface area contributed by atoms with E-state index < -0.39 is 0 Å². The quantitative estimate of drug-likeness (QED) is 0.876. The third-order valence-corrected chi connectivity index (χ3v) is 4.83. The number of carbonyl (C=O) groups is 1. The lowest BCUT2D eigenvalue weighted by molar-refractivity contribution is -0.124. The van der Waals surface area contributed by atoms with Crippen molar-refractivity contribution >= 4 is 5.91 Å². The molecular weight excluding hydrogens is 252 g/mol. The normalized spacial score (nSPS) is 29.8. The zero-order valence-electron chi connectivity index (χ0n) is 12.1. The van der Waals surface area contributed by atoms with E-state index in [0.717, 1.165) is 18.0 Å². The number of aromatic nitrogens is 2. The van der Waals surface area contributed by atoms with Gasteiger partial charge in [-0.15, -0.1) is 0 Å². The van der Waals surface area contributed by atoms with Crippen LogP contribution in [-0.2, 0) is 18.4 Å². The lowest BCUT2D eigenvalue weighted by Crippen LogP contribution is -2.54. The number of nitrogens with zero attached hydrogens (tertiary/aromatic N) is 2. The van der Waals surface area contributed by atoms with Crippen molar-refractivity contribution in [2.45, 2.75) is 57.2 Å². The van der Waals surface area contributed by atoms with E-state index in [1.165, 1.54) is 32.1 Å². The number of fused-ring (bicyclic) bond motifs is 1. The molecule has 1 aromatic rings. The first-order chi connectivity index (χ1) is 9.74. The van der Waals surface area contributed by atoms with Crippen LogP contribution in [0.2, 0.25) is 0 Å². The highest BCUT2D eigenvalue weighted by atomic mass is 16.2. The minimum absolute atomic E-state index is 0.0115. The number of hydrogen-bond acceptors (Lipinski definition) is 3. The van der Waals surface area contributed by atoms with Gasteiger partial charge in [0.15, 0.2) is 0 Å². The minimum atomic E-state index is -0.0115. The number of rotatable bonds is 3. The molecule has 2 aliphatic rings. The van der Waals surface area contributed by atoms with Crippen LogP contribution < -0.4 is 10.6 Å². The van der Waals surface area contributed by atoms with Crippen LogP contribution in [0.4, 0.5) is 0 Å². The van der Waals surface area contributed by atoms with Crippen LogP contribution in [0, 0.1) is 5.92 Å². The molecule has 0 bridgehead atoms. The van der Waals surface area contributed by atoms with E-state index in [1.54, 1.807) is 10.9 Å². The molecule has 20 heavy (non-hydrogen) atoms. The van der Waals surface area contributed by atoms with E-state index in [4.69, 9.17) is 0 Å². The molecule has 1 amide bonds. The molecule has 110 valence electrons. The van der Waals surface area contributed by atoms with Crippen molar-refractivity contribution in [3.05, 3.63) is 18.0 Å². The molecule has 3 atom stereocenters. The van der Waals surface area contributed by atoms with Gasteiger partial charge in [0.2, 0.25) is 5.91 Å². The number of nitrogens with one attached hydrogen (secondary N) is 2. The van der Waals surface area contributed by atoms with E-state index in [-0.39, 0.29) is 11.9 Å². The fraction of sp³-hybridized carbons (Fsp3) is 0.733. The second-order valence-corrected chi connectivity index (χ2v) is 6.11. The van der Waals surface area contributed by atoms with E-state index in [0.29, 0.717) is 12.6 Å². The third kappa shape index (κ3) is 2.87. The van der Waals surface area contributed by atoms with E-state index in [2.05, 4.69) is 15.7 Å². The molecule has 2 heterocycles. The standard InChI is InChI=1S/C15H24N4O/c1-19-12(8-9-17-19)10-16-15(20)14-7-6-11-4-2-3-5-13(11)18-14/h8-9,11,13-14,18H,2-7,10H2,1H3,(H,16,20). The first-order valence-electron chi connectivity index (χ1n) is 7.74. The van der Waals surface area contributed by atoms with E-state index >= 15 is 0 Å². The van der Waals surface area contributed by atoms with Crippen LogP contribution in [0.3, 0.4) is 0 Å². The maximum atomic E-state index is 12.3. The Morgan fingerprint density at radius 2 is 2.25 bits per heavy atom. The highest BCUT2D eigenvalue weighted by molar-refractivity contribution is 5.81. The predicted octanol–water partition coefficient (Wildman–Crippen LogP) is 1.35. The van der Waals surface area contributed by atoms with Gasteiger partial charge in [-0.2, -0.15) is 5.10 Å². The van der Waals surface area contributed by atoms with E-state index in [1.807, 2.05) is 13.1 Å². The highest BCUT2D eigenvalue weighted by Crippen LogP contribution is 2.32. The summed E-state index contributed by atoms with van der Waals surface area (Å²) in [6.45, 7) is 0.557. The second-order valence-electron chi connectivity index (χ2n) is 6.11. The smallest absolute Gasteiger partial charge is 0.237 e. The Kier molecular flexibility index (Phi) is 4.05. The summed E-state index contributed by atoms with van der Waals surface area (Å²) in [5.41, 5.74) is 1.03. The van der Waals surface area contributed by atoms with Crippen molar-refractivity contribution < 1.29 is 4.79 Å². The fourth-order valence-electron chi connectivity index (χ4n) is 3.58. The second kappa shape index (κ2) is 5.95. The van der Waals surface area contributed by atoms with Gasteiger partial charge in [-0.1, -0.05) is 12.8 Å². The SMILES string of the molecule is Cn1nccc1CNC(=O)C1CCC2CCCCC2N1. The first-order valence-corrected chi connectivity index (χ1v) is 7.74. The van der Waals surface area contributed by atoms with Crippen molar-refractivity contribution in [3.8, 4) is 0 Å². The molecule has 2 N–H and O–H groups in total. The van der Waals surface area contributed by atoms with Crippen molar-refractivity contribution in [3.63, 3.8) is 0 Å². The average Bonchev–Trinajstić information content (AvgIpc) is 2.89. The van der Waals surface area contributed by atoms with Gasteiger partial charge in [0.1, 0.15) is 0 Å². The molecule has 5 nitrogen and oxygen atoms in total. The van der Waals surface area contributed by atoms with Crippen molar-refractivity contribution in [2.24, 2.45) is 13.0 Å². The van der Waals surface area contributed by atoms with Crippen molar-refractivity contribution in [2.75, 3.05) is 0 Å². The molecule has 0 spiro atoms. The van der Waals surface area contributed by atoms with Gasteiger partial charge in [-0.05, 0) is 37.7 Å². The fourth-order valence-corrected chi connectivity index (χ4v) is 3.58. The molecule has 1 saturated carbocycles. The Morgan fingerprint density at radius 1 is 1.40 bits per heavy atom. The third-order valence-electron chi connectivity index (χ3n) is 4.83. The Bertz CT molecular complexity index is 470. The van der Waals surface area contributed by atoms with Gasteiger partial charge >= 0.3 is 0 Å². The van der Waals surface area contributed by atoms with Gasteiger partial charge in [-0.3, -0.25) is 9.48 Å². The monoisotopic (exact) mass is 276 g/mol. The van der Waals surface area contributed by atoms with Gasteiger partial charge < -0.3 is 10.6 Å². The van der Waals surface area contributed by atoms with Crippen LogP contribution in [0.15, 0.2) is 12.3 Å². The molecule has 5 heteroatoms. The molecular formula is C15H24N4O. The van der Waals surface area contributed by atoms with Gasteiger partial charge in [0.05, 0.1) is 18.3 Å². The summed E-state index contributed by atoms with van der Waals surface area (Å²) in [6.07, 6.45) is 9.15. The molecule has 0 radical (unpaired) electrons. The summed E-state index contributed by atoms with van der Waals surface area (Å²) in [5, 5.41) is 10.7. The number of aryl methyl sites for hydroxylation is 1. The molecule has 3 rings (SSSR count). The molecule has 0 aromatic carbocycles. The predicted molar refractivity (Wildman–Crippen MR) is 77.0 cm³/mol. The summed E-state index contributed by atoms with van der Waals surface area (Å²) >= 11 is 0. The van der Waals surface area contributed by atoms with Gasteiger partial charge in [0, 0.05) is 19.3 Å². The van der Waals surface area contributed by atoms with Crippen LogP contribution in [0.25, 0.3) is 0 Å². The van der Waals surface area contributed by atoms with E-state index in [9.17, 15) is 4.79 Å². The highest BCUT2D eigenvalue weighted by Gasteiger charge is 2.34. The largest absolute Gasteiger partial charge is 0.349 e. The van der Waals surface area contributed by atoms with Gasteiger partial charge in [-0.25, -0.2) is 0 Å².